The van der Waals surface area contributed by atoms with Crippen molar-refractivity contribution >= 4 is 22.9 Å². The molecule has 0 aliphatic heterocycles. The maximum Gasteiger partial charge on any atom is 0.287 e. The van der Waals surface area contributed by atoms with Crippen LogP contribution in [0.4, 0.5) is 0 Å². The Balaban J connectivity index is 2.11. The van der Waals surface area contributed by atoms with Crippen LogP contribution in [0.15, 0.2) is 78.6 Å². The zero-order valence-corrected chi connectivity index (χ0v) is 11.5. The van der Waals surface area contributed by atoms with E-state index in [-0.39, 0.29) is 5.76 Å². The Labute approximate surface area is 123 Å². The summed E-state index contributed by atoms with van der Waals surface area (Å²) in [4.78, 5) is 11.3. The topological polar surface area (TPSA) is 26.3 Å². The summed E-state index contributed by atoms with van der Waals surface area (Å²) in [7, 11) is 0. The summed E-state index contributed by atoms with van der Waals surface area (Å²) in [6.45, 7) is 0. The van der Waals surface area contributed by atoms with Gasteiger partial charge in [0.2, 0.25) is 0 Å². The Kier molecular flexibility index (Phi) is 5.15. The molecule has 0 bridgehead atoms. The van der Waals surface area contributed by atoms with Gasteiger partial charge in [-0.25, -0.2) is 0 Å². The maximum absolute atomic E-state index is 11.3. The molecule has 0 N–H and O–H groups in total. The first kappa shape index (κ1) is 14.1. The largest absolute Gasteiger partial charge is 0.452 e. The standard InChI is InChI=1S/C17H13ClO2/c18-17(19)16(20-15-11-5-2-6-12-15)13-7-10-14-8-3-1-4-9-14/h1-13H/b10-7+,16-13-. The molecule has 0 saturated carbocycles. The zero-order valence-electron chi connectivity index (χ0n) is 10.7. The van der Waals surface area contributed by atoms with Crippen molar-refractivity contribution < 1.29 is 9.53 Å². The Morgan fingerprint density at radius 3 is 2.15 bits per heavy atom. The average Bonchev–Trinajstić information content (AvgIpc) is 2.48. The number of carbonyl (C=O) groups excluding carboxylic acids is 1. The fourth-order valence-corrected chi connectivity index (χ4v) is 1.67. The van der Waals surface area contributed by atoms with Crippen molar-refractivity contribution in [2.45, 2.75) is 0 Å². The number of hydrogen-bond acceptors (Lipinski definition) is 2. The van der Waals surface area contributed by atoms with Gasteiger partial charge in [-0.2, -0.15) is 0 Å². The molecule has 0 fully saturated rings. The Hall–Kier alpha value is -2.32. The molecule has 2 rings (SSSR count). The van der Waals surface area contributed by atoms with Crippen molar-refractivity contribution in [3.05, 3.63) is 84.1 Å². The van der Waals surface area contributed by atoms with E-state index in [2.05, 4.69) is 0 Å². The Bertz CT molecular complexity index is 616. The number of halogens is 1. The predicted octanol–water partition coefficient (Wildman–Crippen LogP) is 4.43. The Morgan fingerprint density at radius 1 is 0.950 bits per heavy atom. The molecule has 2 aromatic rings. The number of para-hydroxylation sites is 1. The molecule has 20 heavy (non-hydrogen) atoms. The van der Waals surface area contributed by atoms with E-state index in [0.717, 1.165) is 5.56 Å². The van der Waals surface area contributed by atoms with E-state index in [9.17, 15) is 4.79 Å². The van der Waals surface area contributed by atoms with E-state index in [4.69, 9.17) is 16.3 Å². The highest BCUT2D eigenvalue weighted by atomic mass is 35.5. The highest BCUT2D eigenvalue weighted by Gasteiger charge is 2.07. The van der Waals surface area contributed by atoms with Crippen molar-refractivity contribution in [1.82, 2.24) is 0 Å². The predicted molar refractivity (Wildman–Crippen MR) is 81.5 cm³/mol. The number of carbonyl (C=O) groups is 1. The van der Waals surface area contributed by atoms with Gasteiger partial charge in [0, 0.05) is 0 Å². The lowest BCUT2D eigenvalue weighted by Crippen LogP contribution is -2.02. The maximum atomic E-state index is 11.3. The van der Waals surface area contributed by atoms with E-state index in [1.165, 1.54) is 0 Å². The minimum absolute atomic E-state index is 0.0880. The third kappa shape index (κ3) is 4.41. The van der Waals surface area contributed by atoms with Gasteiger partial charge in [-0.05, 0) is 35.4 Å². The highest BCUT2D eigenvalue weighted by molar-refractivity contribution is 6.67. The summed E-state index contributed by atoms with van der Waals surface area (Å²) in [6.07, 6.45) is 5.15. The molecule has 2 nitrogen and oxygen atoms in total. The first-order chi connectivity index (χ1) is 9.75. The highest BCUT2D eigenvalue weighted by Crippen LogP contribution is 2.14. The van der Waals surface area contributed by atoms with Gasteiger partial charge in [0.1, 0.15) is 5.75 Å². The third-order valence-electron chi connectivity index (χ3n) is 2.50. The quantitative estimate of drug-likeness (QED) is 0.351. The molecule has 0 aromatic heterocycles. The molecular formula is C17H13ClO2. The van der Waals surface area contributed by atoms with E-state index in [1.807, 2.05) is 54.6 Å². The molecular weight excluding hydrogens is 272 g/mol. The molecule has 0 aliphatic rings. The van der Waals surface area contributed by atoms with Crippen LogP contribution in [-0.4, -0.2) is 5.24 Å². The van der Waals surface area contributed by atoms with Crippen LogP contribution in [0, 0.1) is 0 Å². The van der Waals surface area contributed by atoms with Crippen LogP contribution in [-0.2, 0) is 4.79 Å². The van der Waals surface area contributed by atoms with E-state index >= 15 is 0 Å². The minimum atomic E-state index is -0.633. The molecule has 0 radical (unpaired) electrons. The molecule has 0 amide bonds. The second-order valence-electron chi connectivity index (χ2n) is 3.99. The van der Waals surface area contributed by atoms with Gasteiger partial charge in [-0.15, -0.1) is 0 Å². The second-order valence-corrected chi connectivity index (χ2v) is 4.33. The smallest absolute Gasteiger partial charge is 0.287 e. The molecule has 0 heterocycles. The zero-order chi connectivity index (χ0) is 14.2. The van der Waals surface area contributed by atoms with Crippen molar-refractivity contribution in [2.75, 3.05) is 0 Å². The van der Waals surface area contributed by atoms with E-state index in [1.54, 1.807) is 24.3 Å². The fraction of sp³-hybridized carbons (Fsp3) is 0. The third-order valence-corrected chi connectivity index (χ3v) is 2.69. The van der Waals surface area contributed by atoms with Crippen molar-refractivity contribution in [2.24, 2.45) is 0 Å². The monoisotopic (exact) mass is 284 g/mol. The van der Waals surface area contributed by atoms with Gasteiger partial charge in [-0.1, -0.05) is 60.7 Å². The lowest BCUT2D eigenvalue weighted by molar-refractivity contribution is -0.110. The lowest BCUT2D eigenvalue weighted by Gasteiger charge is -2.04. The van der Waals surface area contributed by atoms with Gasteiger partial charge in [-0.3, -0.25) is 4.79 Å². The van der Waals surface area contributed by atoms with Crippen LogP contribution in [0.3, 0.4) is 0 Å². The van der Waals surface area contributed by atoms with Gasteiger partial charge >= 0.3 is 0 Å². The number of ether oxygens (including phenoxy) is 1. The normalized spacial score (nSPS) is 11.6. The molecule has 0 atom stereocenters. The molecule has 0 aliphatic carbocycles. The van der Waals surface area contributed by atoms with Crippen molar-refractivity contribution in [3.63, 3.8) is 0 Å². The first-order valence-corrected chi connectivity index (χ1v) is 6.49. The van der Waals surface area contributed by atoms with Crippen molar-refractivity contribution in [3.8, 4) is 5.75 Å². The minimum Gasteiger partial charge on any atom is -0.452 e. The summed E-state index contributed by atoms with van der Waals surface area (Å²) in [5, 5.41) is -0.633. The molecule has 3 heteroatoms. The number of rotatable bonds is 5. The number of benzene rings is 2. The van der Waals surface area contributed by atoms with Gasteiger partial charge < -0.3 is 4.74 Å². The summed E-state index contributed by atoms with van der Waals surface area (Å²) < 4.78 is 5.44. The average molecular weight is 285 g/mol. The van der Waals surface area contributed by atoms with E-state index in [0.29, 0.717) is 5.75 Å². The van der Waals surface area contributed by atoms with Gasteiger partial charge in [0.05, 0.1) is 0 Å². The van der Waals surface area contributed by atoms with Crippen LogP contribution >= 0.6 is 11.6 Å². The molecule has 0 spiro atoms. The summed E-state index contributed by atoms with van der Waals surface area (Å²) in [5.74, 6) is 0.658. The Morgan fingerprint density at radius 2 is 1.55 bits per heavy atom. The van der Waals surface area contributed by atoms with Gasteiger partial charge in [0.15, 0.2) is 5.76 Å². The first-order valence-electron chi connectivity index (χ1n) is 6.12. The summed E-state index contributed by atoms with van der Waals surface area (Å²) >= 11 is 5.51. The van der Waals surface area contributed by atoms with Crippen molar-refractivity contribution in [1.29, 1.82) is 0 Å². The van der Waals surface area contributed by atoms with Crippen LogP contribution < -0.4 is 4.74 Å². The fourth-order valence-electron chi connectivity index (χ4n) is 1.57. The van der Waals surface area contributed by atoms with E-state index < -0.39 is 5.24 Å². The van der Waals surface area contributed by atoms with Crippen LogP contribution in [0.25, 0.3) is 6.08 Å². The summed E-state index contributed by atoms with van der Waals surface area (Å²) in [6, 6.07) is 18.8. The van der Waals surface area contributed by atoms with Crippen LogP contribution in [0.1, 0.15) is 5.56 Å². The number of hydrogen-bond donors (Lipinski definition) is 0. The number of allylic oxidation sites excluding steroid dienone is 3. The lowest BCUT2D eigenvalue weighted by atomic mass is 10.2. The molecule has 100 valence electrons. The second kappa shape index (κ2) is 7.31. The van der Waals surface area contributed by atoms with Gasteiger partial charge in [0.25, 0.3) is 5.24 Å². The molecule has 2 aromatic carbocycles. The SMILES string of the molecule is O=C(Cl)/C(=C/C=C/c1ccccc1)Oc1ccccc1. The molecule has 0 unspecified atom stereocenters. The van der Waals surface area contributed by atoms with Crippen LogP contribution in [0.5, 0.6) is 5.75 Å². The molecule has 0 saturated heterocycles. The van der Waals surface area contributed by atoms with Crippen LogP contribution in [0.2, 0.25) is 0 Å². The summed E-state index contributed by atoms with van der Waals surface area (Å²) in [5.41, 5.74) is 1.03.